The molecule has 0 saturated heterocycles. The fourth-order valence-corrected chi connectivity index (χ4v) is 2.04. The Morgan fingerprint density at radius 2 is 2.05 bits per heavy atom. The van der Waals surface area contributed by atoms with Gasteiger partial charge in [0.15, 0.2) is 0 Å². The van der Waals surface area contributed by atoms with Crippen molar-refractivity contribution in [1.82, 2.24) is 14.3 Å². The van der Waals surface area contributed by atoms with E-state index in [1.807, 2.05) is 13.8 Å². The lowest BCUT2D eigenvalue weighted by molar-refractivity contribution is 0.326. The number of rotatable bonds is 7. The summed E-state index contributed by atoms with van der Waals surface area (Å²) in [5, 5.41) is 2.89. The Labute approximate surface area is 114 Å². The molecule has 0 unspecified atom stereocenters. The fraction of sp³-hybridized carbons (Fsp3) is 0.636. The third-order valence-electron chi connectivity index (χ3n) is 2.32. The zero-order chi connectivity index (χ0) is 14.5. The summed E-state index contributed by atoms with van der Waals surface area (Å²) in [5.74, 6) is 0.840. The molecule has 0 radical (unpaired) electrons. The Kier molecular flexibility index (Phi) is 5.49. The average Bonchev–Trinajstić information content (AvgIpc) is 2.28. The van der Waals surface area contributed by atoms with Crippen LogP contribution in [0.2, 0.25) is 0 Å². The molecule has 0 amide bonds. The van der Waals surface area contributed by atoms with Crippen molar-refractivity contribution < 1.29 is 13.2 Å². The predicted molar refractivity (Wildman–Crippen MR) is 73.9 cm³/mol. The molecule has 0 atom stereocenters. The van der Waals surface area contributed by atoms with E-state index in [-0.39, 0.29) is 12.3 Å². The van der Waals surface area contributed by atoms with Crippen LogP contribution >= 0.6 is 0 Å². The second kappa shape index (κ2) is 6.67. The van der Waals surface area contributed by atoms with Crippen LogP contribution in [0.1, 0.15) is 12.6 Å². The van der Waals surface area contributed by atoms with Crippen molar-refractivity contribution in [3.8, 4) is 5.88 Å². The highest BCUT2D eigenvalue weighted by atomic mass is 32.2. The van der Waals surface area contributed by atoms with Crippen molar-refractivity contribution in [2.75, 3.05) is 38.3 Å². The second-order valence-corrected chi connectivity index (χ2v) is 6.43. The van der Waals surface area contributed by atoms with E-state index in [0.29, 0.717) is 18.4 Å². The molecular weight excluding hydrogens is 268 g/mol. The molecule has 0 aliphatic carbocycles. The van der Waals surface area contributed by atoms with Gasteiger partial charge in [-0.05, 0) is 13.8 Å². The molecule has 1 aromatic rings. The lowest BCUT2D eigenvalue weighted by Gasteiger charge is -2.12. The highest BCUT2D eigenvalue weighted by Crippen LogP contribution is 2.11. The first kappa shape index (κ1) is 15.6. The average molecular weight is 288 g/mol. The summed E-state index contributed by atoms with van der Waals surface area (Å²) < 4.78 is 29.6. The fourth-order valence-electron chi connectivity index (χ4n) is 1.31. The largest absolute Gasteiger partial charge is 0.478 e. The Hall–Kier alpha value is -1.41. The Bertz CT molecular complexity index is 517. The van der Waals surface area contributed by atoms with Crippen LogP contribution in [0.5, 0.6) is 5.88 Å². The van der Waals surface area contributed by atoms with Crippen molar-refractivity contribution in [2.24, 2.45) is 0 Å². The number of ether oxygens (including phenoxy) is 1. The first-order valence-corrected chi connectivity index (χ1v) is 7.58. The summed E-state index contributed by atoms with van der Waals surface area (Å²) in [6.07, 6.45) is 0. The van der Waals surface area contributed by atoms with Gasteiger partial charge in [0, 0.05) is 32.4 Å². The Morgan fingerprint density at radius 1 is 1.37 bits per heavy atom. The molecule has 0 fully saturated rings. The van der Waals surface area contributed by atoms with E-state index in [1.165, 1.54) is 18.4 Å². The SMILES string of the molecule is CCOc1cc(C)nc(NCCS(=O)(=O)N(C)C)n1. The minimum Gasteiger partial charge on any atom is -0.478 e. The highest BCUT2D eigenvalue weighted by Gasteiger charge is 2.13. The number of anilines is 1. The monoisotopic (exact) mass is 288 g/mol. The van der Waals surface area contributed by atoms with Crippen LogP contribution in [0.4, 0.5) is 5.95 Å². The van der Waals surface area contributed by atoms with Crippen LogP contribution in [0, 0.1) is 6.92 Å². The number of aryl methyl sites for hydroxylation is 1. The van der Waals surface area contributed by atoms with Gasteiger partial charge in [0.1, 0.15) is 0 Å². The van der Waals surface area contributed by atoms with Crippen molar-refractivity contribution in [2.45, 2.75) is 13.8 Å². The molecule has 1 N–H and O–H groups in total. The molecule has 7 nitrogen and oxygen atoms in total. The van der Waals surface area contributed by atoms with Gasteiger partial charge in [0.25, 0.3) is 0 Å². The molecular formula is C11H20N4O3S. The van der Waals surface area contributed by atoms with Crippen LogP contribution in [-0.2, 0) is 10.0 Å². The lowest BCUT2D eigenvalue weighted by Crippen LogP contribution is -2.28. The van der Waals surface area contributed by atoms with Crippen LogP contribution in [-0.4, -0.2) is 55.7 Å². The number of sulfonamides is 1. The minimum atomic E-state index is -3.21. The van der Waals surface area contributed by atoms with E-state index in [0.717, 1.165) is 5.69 Å². The van der Waals surface area contributed by atoms with Crippen LogP contribution in [0.15, 0.2) is 6.07 Å². The van der Waals surface area contributed by atoms with Gasteiger partial charge in [0.05, 0.1) is 12.4 Å². The third-order valence-corrected chi connectivity index (χ3v) is 4.16. The molecule has 0 saturated carbocycles. The maximum absolute atomic E-state index is 11.6. The maximum atomic E-state index is 11.6. The van der Waals surface area contributed by atoms with Crippen molar-refractivity contribution in [3.05, 3.63) is 11.8 Å². The van der Waals surface area contributed by atoms with Gasteiger partial charge < -0.3 is 10.1 Å². The standard InChI is InChI=1S/C11H20N4O3S/c1-5-18-10-8-9(2)13-11(14-10)12-6-7-19(16,17)15(3)4/h8H,5-7H2,1-4H3,(H,12,13,14). The zero-order valence-corrected chi connectivity index (χ0v) is 12.5. The zero-order valence-electron chi connectivity index (χ0n) is 11.7. The van der Waals surface area contributed by atoms with Crippen molar-refractivity contribution >= 4 is 16.0 Å². The third kappa shape index (κ3) is 4.99. The molecule has 0 spiro atoms. The topological polar surface area (TPSA) is 84.4 Å². The summed E-state index contributed by atoms with van der Waals surface area (Å²) in [7, 11) is -0.203. The lowest BCUT2D eigenvalue weighted by atomic mass is 10.4. The molecule has 1 rings (SSSR count). The molecule has 0 aromatic carbocycles. The van der Waals surface area contributed by atoms with Gasteiger partial charge in [0.2, 0.25) is 21.9 Å². The van der Waals surface area contributed by atoms with Gasteiger partial charge in [-0.15, -0.1) is 0 Å². The maximum Gasteiger partial charge on any atom is 0.226 e. The van der Waals surface area contributed by atoms with E-state index in [4.69, 9.17) is 4.74 Å². The molecule has 1 aromatic heterocycles. The molecule has 0 aliphatic heterocycles. The van der Waals surface area contributed by atoms with Crippen molar-refractivity contribution in [1.29, 1.82) is 0 Å². The van der Waals surface area contributed by atoms with E-state index in [2.05, 4.69) is 15.3 Å². The number of hydrogen-bond acceptors (Lipinski definition) is 6. The van der Waals surface area contributed by atoms with Gasteiger partial charge in [-0.25, -0.2) is 17.7 Å². The number of aromatic nitrogens is 2. The molecule has 1 heterocycles. The second-order valence-electron chi connectivity index (χ2n) is 4.13. The Balaban J connectivity index is 2.63. The van der Waals surface area contributed by atoms with Crippen molar-refractivity contribution in [3.63, 3.8) is 0 Å². The summed E-state index contributed by atoms with van der Waals surface area (Å²) in [4.78, 5) is 8.30. The minimum absolute atomic E-state index is 0.0126. The first-order chi connectivity index (χ1) is 8.85. The first-order valence-electron chi connectivity index (χ1n) is 5.97. The summed E-state index contributed by atoms with van der Waals surface area (Å²) in [6, 6.07) is 1.73. The molecule has 0 bridgehead atoms. The Morgan fingerprint density at radius 3 is 2.63 bits per heavy atom. The number of hydrogen-bond donors (Lipinski definition) is 1. The molecule has 8 heteroatoms. The van der Waals surface area contributed by atoms with E-state index in [1.54, 1.807) is 6.07 Å². The summed E-state index contributed by atoms with van der Waals surface area (Å²) in [6.45, 7) is 4.46. The molecule has 108 valence electrons. The van der Waals surface area contributed by atoms with Gasteiger partial charge in [-0.2, -0.15) is 4.98 Å². The smallest absolute Gasteiger partial charge is 0.226 e. The van der Waals surface area contributed by atoms with E-state index >= 15 is 0 Å². The molecule has 19 heavy (non-hydrogen) atoms. The predicted octanol–water partition coefficient (Wildman–Crippen LogP) is 0.487. The molecule has 0 aliphatic rings. The van der Waals surface area contributed by atoms with Gasteiger partial charge in [-0.1, -0.05) is 0 Å². The van der Waals surface area contributed by atoms with Crippen LogP contribution < -0.4 is 10.1 Å². The van der Waals surface area contributed by atoms with Gasteiger partial charge in [-0.3, -0.25) is 0 Å². The van der Waals surface area contributed by atoms with E-state index < -0.39 is 10.0 Å². The normalized spacial score (nSPS) is 11.6. The number of nitrogens with one attached hydrogen (secondary N) is 1. The summed E-state index contributed by atoms with van der Waals surface area (Å²) >= 11 is 0. The van der Waals surface area contributed by atoms with Crippen LogP contribution in [0.25, 0.3) is 0 Å². The quantitative estimate of drug-likeness (QED) is 0.786. The van der Waals surface area contributed by atoms with E-state index in [9.17, 15) is 8.42 Å². The number of nitrogens with zero attached hydrogens (tertiary/aromatic N) is 3. The highest BCUT2D eigenvalue weighted by molar-refractivity contribution is 7.89. The van der Waals surface area contributed by atoms with Crippen LogP contribution in [0.3, 0.4) is 0 Å². The van der Waals surface area contributed by atoms with Gasteiger partial charge >= 0.3 is 0 Å². The summed E-state index contributed by atoms with van der Waals surface area (Å²) in [5.41, 5.74) is 0.761.